The fraction of sp³-hybridized carbons (Fsp3) is 0.636. The molecular formula is C11H18ClN3O2. The maximum Gasteiger partial charge on any atom is 0.271 e. The highest BCUT2D eigenvalue weighted by atomic mass is 35.5. The smallest absolute Gasteiger partial charge is 0.271 e. The van der Waals surface area contributed by atoms with E-state index in [0.717, 1.165) is 12.8 Å². The van der Waals surface area contributed by atoms with Crippen molar-refractivity contribution in [3.05, 3.63) is 21.7 Å². The van der Waals surface area contributed by atoms with Crippen molar-refractivity contribution in [2.24, 2.45) is 5.41 Å². The van der Waals surface area contributed by atoms with Gasteiger partial charge in [0.2, 0.25) is 0 Å². The molecule has 0 aromatic carbocycles. The fourth-order valence-electron chi connectivity index (χ4n) is 1.48. The van der Waals surface area contributed by atoms with Crippen LogP contribution in [0.1, 0.15) is 26.7 Å². The Kier molecular flexibility index (Phi) is 4.96. The summed E-state index contributed by atoms with van der Waals surface area (Å²) in [7, 11) is 0. The van der Waals surface area contributed by atoms with Crippen LogP contribution in [0.15, 0.2) is 11.1 Å². The van der Waals surface area contributed by atoms with Gasteiger partial charge >= 0.3 is 0 Å². The van der Waals surface area contributed by atoms with Gasteiger partial charge in [-0.15, -0.1) is 0 Å². The molecule has 0 saturated heterocycles. The van der Waals surface area contributed by atoms with Crippen LogP contribution in [-0.4, -0.2) is 28.2 Å². The number of halogens is 1. The van der Waals surface area contributed by atoms with Crippen LogP contribution < -0.4 is 10.9 Å². The zero-order valence-electron chi connectivity index (χ0n) is 10.1. The summed E-state index contributed by atoms with van der Waals surface area (Å²) in [5, 5.41) is 11.9. The van der Waals surface area contributed by atoms with Crippen molar-refractivity contribution in [3.8, 4) is 0 Å². The molecule has 0 fully saturated rings. The van der Waals surface area contributed by atoms with Gasteiger partial charge in [-0.1, -0.05) is 25.4 Å². The second-order valence-electron chi connectivity index (χ2n) is 4.74. The molecule has 17 heavy (non-hydrogen) atoms. The number of aliphatic hydroxyl groups is 1. The van der Waals surface area contributed by atoms with E-state index in [4.69, 9.17) is 16.7 Å². The van der Waals surface area contributed by atoms with Gasteiger partial charge in [0.1, 0.15) is 5.02 Å². The van der Waals surface area contributed by atoms with E-state index in [1.807, 2.05) is 0 Å². The van der Waals surface area contributed by atoms with E-state index in [1.165, 1.54) is 6.33 Å². The Morgan fingerprint density at radius 3 is 2.94 bits per heavy atom. The van der Waals surface area contributed by atoms with Crippen LogP contribution in [-0.2, 0) is 0 Å². The maximum atomic E-state index is 11.2. The molecule has 96 valence electrons. The topological polar surface area (TPSA) is 78.0 Å². The molecule has 0 aliphatic rings. The molecule has 1 aromatic heterocycles. The first-order valence-electron chi connectivity index (χ1n) is 5.54. The Morgan fingerprint density at radius 2 is 2.29 bits per heavy atom. The lowest BCUT2D eigenvalue weighted by molar-refractivity contribution is 0.248. The zero-order valence-corrected chi connectivity index (χ0v) is 10.8. The molecule has 1 heterocycles. The minimum Gasteiger partial charge on any atom is -0.396 e. The minimum absolute atomic E-state index is 0.0103. The van der Waals surface area contributed by atoms with Gasteiger partial charge < -0.3 is 15.4 Å². The standard InChI is InChI=1S/C11H18ClN3O2/c1-11(2,4-3-5-16)6-13-9-8(12)10(17)15-7-14-9/h7,16H,3-6H2,1-2H3,(H2,13,14,15,17). The second-order valence-corrected chi connectivity index (χ2v) is 5.12. The van der Waals surface area contributed by atoms with E-state index in [0.29, 0.717) is 12.4 Å². The normalized spacial score (nSPS) is 11.5. The van der Waals surface area contributed by atoms with Crippen molar-refractivity contribution in [1.29, 1.82) is 0 Å². The number of nitrogens with zero attached hydrogens (tertiary/aromatic N) is 1. The van der Waals surface area contributed by atoms with Crippen LogP contribution in [0.2, 0.25) is 5.02 Å². The van der Waals surface area contributed by atoms with E-state index >= 15 is 0 Å². The summed E-state index contributed by atoms with van der Waals surface area (Å²) in [4.78, 5) is 17.6. The molecule has 0 saturated carbocycles. The number of rotatable bonds is 6. The summed E-state index contributed by atoms with van der Waals surface area (Å²) in [5.41, 5.74) is -0.339. The molecule has 0 aliphatic heterocycles. The van der Waals surface area contributed by atoms with Crippen molar-refractivity contribution in [3.63, 3.8) is 0 Å². The predicted molar refractivity (Wildman–Crippen MR) is 68.5 cm³/mol. The molecule has 1 aromatic rings. The van der Waals surface area contributed by atoms with Crippen LogP contribution in [0.5, 0.6) is 0 Å². The van der Waals surface area contributed by atoms with Gasteiger partial charge in [-0.05, 0) is 18.3 Å². The highest BCUT2D eigenvalue weighted by Crippen LogP contribution is 2.23. The van der Waals surface area contributed by atoms with E-state index in [2.05, 4.69) is 29.1 Å². The third-order valence-corrected chi connectivity index (χ3v) is 2.89. The summed E-state index contributed by atoms with van der Waals surface area (Å²) in [6, 6.07) is 0. The lowest BCUT2D eigenvalue weighted by Crippen LogP contribution is -2.25. The average molecular weight is 260 g/mol. The largest absolute Gasteiger partial charge is 0.396 e. The summed E-state index contributed by atoms with van der Waals surface area (Å²) in [6.45, 7) is 4.99. The molecule has 5 nitrogen and oxygen atoms in total. The highest BCUT2D eigenvalue weighted by Gasteiger charge is 2.18. The lowest BCUT2D eigenvalue weighted by atomic mass is 9.88. The molecule has 0 aliphatic carbocycles. The number of anilines is 1. The summed E-state index contributed by atoms with van der Waals surface area (Å²) >= 11 is 5.82. The molecule has 0 atom stereocenters. The van der Waals surface area contributed by atoms with Crippen LogP contribution in [0.4, 0.5) is 5.82 Å². The number of hydrogen-bond acceptors (Lipinski definition) is 4. The monoisotopic (exact) mass is 259 g/mol. The molecule has 1 rings (SSSR count). The van der Waals surface area contributed by atoms with Crippen LogP contribution in [0, 0.1) is 5.41 Å². The first-order chi connectivity index (χ1) is 7.96. The van der Waals surface area contributed by atoms with Crippen molar-refractivity contribution >= 4 is 17.4 Å². The number of nitrogens with one attached hydrogen (secondary N) is 2. The molecule has 0 amide bonds. The number of hydrogen-bond donors (Lipinski definition) is 3. The van der Waals surface area contributed by atoms with Gasteiger partial charge in [0, 0.05) is 13.2 Å². The number of H-pyrrole nitrogens is 1. The van der Waals surface area contributed by atoms with Gasteiger partial charge in [0.15, 0.2) is 5.82 Å². The first-order valence-corrected chi connectivity index (χ1v) is 5.92. The number of aromatic amines is 1. The van der Waals surface area contributed by atoms with E-state index in [9.17, 15) is 4.79 Å². The zero-order chi connectivity index (χ0) is 12.9. The first kappa shape index (κ1) is 14.0. The molecular weight excluding hydrogens is 242 g/mol. The Labute approximate surface area is 105 Å². The molecule has 0 spiro atoms. The second kappa shape index (κ2) is 6.02. The maximum absolute atomic E-state index is 11.2. The van der Waals surface area contributed by atoms with E-state index in [-0.39, 0.29) is 22.6 Å². The molecule has 3 N–H and O–H groups in total. The number of aromatic nitrogens is 2. The Morgan fingerprint density at radius 1 is 1.59 bits per heavy atom. The summed E-state index contributed by atoms with van der Waals surface area (Å²) in [6.07, 6.45) is 2.96. The highest BCUT2D eigenvalue weighted by molar-refractivity contribution is 6.32. The SMILES string of the molecule is CC(C)(CCCO)CNc1nc[nH]c(=O)c1Cl. The minimum atomic E-state index is -0.350. The molecule has 0 radical (unpaired) electrons. The predicted octanol–water partition coefficient (Wildman–Crippen LogP) is 1.63. The Hall–Kier alpha value is -1.07. The van der Waals surface area contributed by atoms with Crippen molar-refractivity contribution in [1.82, 2.24) is 9.97 Å². The van der Waals surface area contributed by atoms with E-state index in [1.54, 1.807) is 0 Å². The summed E-state index contributed by atoms with van der Waals surface area (Å²) in [5.74, 6) is 0.396. The van der Waals surface area contributed by atoms with Crippen LogP contribution in [0.25, 0.3) is 0 Å². The third kappa shape index (κ3) is 4.36. The van der Waals surface area contributed by atoms with Gasteiger partial charge in [0.25, 0.3) is 5.56 Å². The fourth-order valence-corrected chi connectivity index (χ4v) is 1.65. The van der Waals surface area contributed by atoms with Crippen LogP contribution >= 0.6 is 11.6 Å². The van der Waals surface area contributed by atoms with Crippen molar-refractivity contribution < 1.29 is 5.11 Å². The van der Waals surface area contributed by atoms with Gasteiger partial charge in [-0.25, -0.2) is 4.98 Å². The van der Waals surface area contributed by atoms with Crippen LogP contribution in [0.3, 0.4) is 0 Å². The Bertz CT molecular complexity index is 417. The lowest BCUT2D eigenvalue weighted by Gasteiger charge is -2.24. The summed E-state index contributed by atoms with van der Waals surface area (Å²) < 4.78 is 0. The molecule has 6 heteroatoms. The quantitative estimate of drug-likeness (QED) is 0.726. The molecule has 0 unspecified atom stereocenters. The van der Waals surface area contributed by atoms with Crippen molar-refractivity contribution in [2.75, 3.05) is 18.5 Å². The Balaban J connectivity index is 2.61. The van der Waals surface area contributed by atoms with Gasteiger partial charge in [0.05, 0.1) is 6.33 Å². The van der Waals surface area contributed by atoms with Crippen molar-refractivity contribution in [2.45, 2.75) is 26.7 Å². The van der Waals surface area contributed by atoms with E-state index < -0.39 is 0 Å². The third-order valence-electron chi connectivity index (χ3n) is 2.54. The van der Waals surface area contributed by atoms with Gasteiger partial charge in [-0.2, -0.15) is 0 Å². The molecule has 0 bridgehead atoms. The van der Waals surface area contributed by atoms with Gasteiger partial charge in [-0.3, -0.25) is 4.79 Å². The number of aliphatic hydroxyl groups excluding tert-OH is 1. The average Bonchev–Trinajstić information content (AvgIpc) is 2.29.